The minimum absolute atomic E-state index is 0.0397. The first-order chi connectivity index (χ1) is 8.86. The SMILES string of the molecule is CCS(=O)(=O)[C@H]1[C@H](c2ccc(F)cc2)[C@@]1(N)COC. The van der Waals surface area contributed by atoms with Crippen LogP contribution in [0.3, 0.4) is 0 Å². The first-order valence-electron chi connectivity index (χ1n) is 6.11. The van der Waals surface area contributed by atoms with E-state index in [-0.39, 0.29) is 24.1 Å². The lowest BCUT2D eigenvalue weighted by molar-refractivity contribution is 0.171. The summed E-state index contributed by atoms with van der Waals surface area (Å²) in [6.07, 6.45) is 0. The molecule has 19 heavy (non-hydrogen) atoms. The van der Waals surface area contributed by atoms with Gasteiger partial charge in [0.25, 0.3) is 0 Å². The maximum Gasteiger partial charge on any atom is 0.155 e. The molecular formula is C13H18FNO3S. The lowest BCUT2D eigenvalue weighted by Gasteiger charge is -2.10. The molecule has 1 saturated carbocycles. The highest BCUT2D eigenvalue weighted by Gasteiger charge is 2.68. The molecule has 1 aliphatic rings. The van der Waals surface area contributed by atoms with Gasteiger partial charge in [0.15, 0.2) is 9.84 Å². The first-order valence-corrected chi connectivity index (χ1v) is 7.83. The van der Waals surface area contributed by atoms with E-state index >= 15 is 0 Å². The Labute approximate surface area is 112 Å². The number of hydrogen-bond donors (Lipinski definition) is 1. The zero-order valence-electron chi connectivity index (χ0n) is 11.0. The molecule has 2 N–H and O–H groups in total. The van der Waals surface area contributed by atoms with Crippen molar-refractivity contribution in [2.75, 3.05) is 19.5 Å². The van der Waals surface area contributed by atoms with Gasteiger partial charge in [0, 0.05) is 18.8 Å². The third-order valence-electron chi connectivity index (χ3n) is 3.72. The van der Waals surface area contributed by atoms with E-state index in [9.17, 15) is 12.8 Å². The van der Waals surface area contributed by atoms with Gasteiger partial charge in [-0.2, -0.15) is 0 Å². The molecule has 4 nitrogen and oxygen atoms in total. The molecule has 3 atom stereocenters. The highest BCUT2D eigenvalue weighted by Crippen LogP contribution is 2.54. The fraction of sp³-hybridized carbons (Fsp3) is 0.538. The van der Waals surface area contributed by atoms with Gasteiger partial charge in [-0.25, -0.2) is 12.8 Å². The van der Waals surface area contributed by atoms with E-state index in [1.165, 1.54) is 19.2 Å². The molecule has 0 bridgehead atoms. The van der Waals surface area contributed by atoms with Crippen LogP contribution in [-0.2, 0) is 14.6 Å². The predicted molar refractivity (Wildman–Crippen MR) is 71.2 cm³/mol. The summed E-state index contributed by atoms with van der Waals surface area (Å²) in [6, 6.07) is 5.80. The standard InChI is InChI=1S/C13H18FNO3S/c1-3-19(16,17)12-11(13(12,15)8-18-2)9-4-6-10(14)7-5-9/h4-7,11-12H,3,8,15H2,1-2H3/t11-,12-,13-/m0/s1. The van der Waals surface area contributed by atoms with Gasteiger partial charge in [-0.15, -0.1) is 0 Å². The fourth-order valence-electron chi connectivity index (χ4n) is 2.72. The fourth-order valence-corrected chi connectivity index (χ4v) is 4.71. The van der Waals surface area contributed by atoms with Crippen LogP contribution in [0.5, 0.6) is 0 Å². The van der Waals surface area contributed by atoms with Crippen molar-refractivity contribution in [2.24, 2.45) is 5.73 Å². The van der Waals surface area contributed by atoms with Crippen LogP contribution in [0.15, 0.2) is 24.3 Å². The Hall–Kier alpha value is -0.980. The van der Waals surface area contributed by atoms with Crippen molar-refractivity contribution in [1.82, 2.24) is 0 Å². The van der Waals surface area contributed by atoms with Gasteiger partial charge in [0.2, 0.25) is 0 Å². The van der Waals surface area contributed by atoms with Crippen molar-refractivity contribution >= 4 is 9.84 Å². The van der Waals surface area contributed by atoms with Crippen molar-refractivity contribution < 1.29 is 17.5 Å². The average Bonchev–Trinajstić information content (AvgIpc) is 2.97. The van der Waals surface area contributed by atoms with Gasteiger partial charge in [-0.1, -0.05) is 19.1 Å². The van der Waals surface area contributed by atoms with Crippen molar-refractivity contribution in [1.29, 1.82) is 0 Å². The normalized spacial score (nSPS) is 30.3. The lowest BCUT2D eigenvalue weighted by Crippen LogP contribution is -2.36. The zero-order valence-corrected chi connectivity index (χ0v) is 11.8. The molecule has 6 heteroatoms. The second kappa shape index (κ2) is 4.85. The summed E-state index contributed by atoms with van der Waals surface area (Å²) in [7, 11) is -1.77. The number of ether oxygens (including phenoxy) is 1. The Balaban J connectivity index is 2.36. The van der Waals surface area contributed by atoms with Crippen LogP contribution >= 0.6 is 0 Å². The topological polar surface area (TPSA) is 69.4 Å². The van der Waals surface area contributed by atoms with E-state index in [1.54, 1.807) is 19.1 Å². The van der Waals surface area contributed by atoms with Crippen LogP contribution in [0.4, 0.5) is 4.39 Å². The molecule has 2 rings (SSSR count). The maximum absolute atomic E-state index is 12.9. The number of hydrogen-bond acceptors (Lipinski definition) is 4. The maximum atomic E-state index is 12.9. The second-order valence-corrected chi connectivity index (χ2v) is 7.36. The van der Waals surface area contributed by atoms with Crippen LogP contribution < -0.4 is 5.73 Å². The number of halogens is 1. The van der Waals surface area contributed by atoms with Gasteiger partial charge >= 0.3 is 0 Å². The molecule has 0 unspecified atom stereocenters. The first kappa shape index (κ1) is 14.4. The smallest absolute Gasteiger partial charge is 0.155 e. The highest BCUT2D eigenvalue weighted by atomic mass is 32.2. The van der Waals surface area contributed by atoms with Crippen LogP contribution in [-0.4, -0.2) is 38.7 Å². The largest absolute Gasteiger partial charge is 0.383 e. The molecule has 0 aromatic heterocycles. The lowest BCUT2D eigenvalue weighted by atomic mass is 10.1. The van der Waals surface area contributed by atoms with Gasteiger partial charge < -0.3 is 10.5 Å². The monoisotopic (exact) mass is 287 g/mol. The molecule has 0 amide bonds. The summed E-state index contributed by atoms with van der Waals surface area (Å²) in [5.74, 6) is -0.649. The summed E-state index contributed by atoms with van der Waals surface area (Å²) in [5, 5.41) is -0.657. The molecule has 106 valence electrons. The van der Waals surface area contributed by atoms with Crippen molar-refractivity contribution in [3.05, 3.63) is 35.6 Å². The van der Waals surface area contributed by atoms with E-state index in [0.717, 1.165) is 5.56 Å². The molecule has 0 aliphatic heterocycles. The van der Waals surface area contributed by atoms with Crippen LogP contribution in [0.2, 0.25) is 0 Å². The van der Waals surface area contributed by atoms with E-state index in [4.69, 9.17) is 10.5 Å². The summed E-state index contributed by atoms with van der Waals surface area (Å²) in [6.45, 7) is 1.77. The van der Waals surface area contributed by atoms with Gasteiger partial charge in [-0.3, -0.25) is 0 Å². The summed E-state index contributed by atoms with van der Waals surface area (Å²) >= 11 is 0. The van der Waals surface area contributed by atoms with Crippen LogP contribution in [0, 0.1) is 5.82 Å². The minimum Gasteiger partial charge on any atom is -0.383 e. The number of rotatable bonds is 5. The van der Waals surface area contributed by atoms with Crippen LogP contribution in [0.25, 0.3) is 0 Å². The predicted octanol–water partition coefficient (Wildman–Crippen LogP) is 1.07. The molecule has 0 radical (unpaired) electrons. The number of benzene rings is 1. The Kier molecular flexibility index (Phi) is 3.68. The second-order valence-electron chi connectivity index (χ2n) is 4.95. The van der Waals surface area contributed by atoms with Crippen molar-refractivity contribution in [3.63, 3.8) is 0 Å². The molecule has 0 heterocycles. The van der Waals surface area contributed by atoms with Crippen molar-refractivity contribution in [2.45, 2.75) is 23.6 Å². The third-order valence-corrected chi connectivity index (χ3v) is 6.00. The summed E-state index contributed by atoms with van der Waals surface area (Å²) < 4.78 is 42.2. The summed E-state index contributed by atoms with van der Waals surface area (Å²) in [5.41, 5.74) is 6.00. The van der Waals surface area contributed by atoms with E-state index in [2.05, 4.69) is 0 Å². The van der Waals surface area contributed by atoms with Gasteiger partial charge in [-0.05, 0) is 17.7 Å². The Morgan fingerprint density at radius 1 is 1.37 bits per heavy atom. The van der Waals surface area contributed by atoms with Gasteiger partial charge in [0.1, 0.15) is 5.82 Å². The zero-order chi connectivity index (χ0) is 14.3. The Morgan fingerprint density at radius 2 is 1.95 bits per heavy atom. The molecule has 1 aromatic carbocycles. The van der Waals surface area contributed by atoms with Gasteiger partial charge in [0.05, 0.1) is 17.4 Å². The molecule has 0 saturated heterocycles. The molecule has 0 spiro atoms. The average molecular weight is 287 g/mol. The Bertz CT molecular complexity index is 558. The molecule has 1 aromatic rings. The number of methoxy groups -OCH3 is 1. The van der Waals surface area contributed by atoms with Crippen molar-refractivity contribution in [3.8, 4) is 0 Å². The third kappa shape index (κ3) is 2.40. The number of nitrogens with two attached hydrogens (primary N) is 1. The van der Waals surface area contributed by atoms with E-state index in [0.29, 0.717) is 0 Å². The molecular weight excluding hydrogens is 269 g/mol. The number of sulfone groups is 1. The van der Waals surface area contributed by atoms with E-state index in [1.807, 2.05) is 0 Å². The highest BCUT2D eigenvalue weighted by molar-refractivity contribution is 7.92. The van der Waals surface area contributed by atoms with E-state index < -0.39 is 20.6 Å². The Morgan fingerprint density at radius 3 is 2.42 bits per heavy atom. The molecule has 1 aliphatic carbocycles. The minimum atomic E-state index is -3.26. The van der Waals surface area contributed by atoms with Crippen LogP contribution in [0.1, 0.15) is 18.4 Å². The molecule has 1 fully saturated rings. The summed E-state index contributed by atoms with van der Waals surface area (Å²) in [4.78, 5) is 0. The quantitative estimate of drug-likeness (QED) is 0.879.